The van der Waals surface area contributed by atoms with Gasteiger partial charge in [-0.1, -0.05) is 0 Å². The van der Waals surface area contributed by atoms with Crippen LogP contribution in [0.15, 0.2) is 6.07 Å². The molecule has 1 unspecified atom stereocenters. The standard InChI is InChI=1S/C10H17N3OS/c1-2-13(7-8-4-3-5-14-8)10-6-9(11)12-15-10/h6,8H,2-5,7H2,1H3,(H2,11,12). The first-order valence-electron chi connectivity index (χ1n) is 5.38. The van der Waals surface area contributed by atoms with Crippen LogP contribution < -0.4 is 10.6 Å². The van der Waals surface area contributed by atoms with E-state index in [4.69, 9.17) is 10.5 Å². The molecule has 84 valence electrons. The fourth-order valence-electron chi connectivity index (χ4n) is 1.84. The number of ether oxygens (including phenoxy) is 1. The third kappa shape index (κ3) is 2.60. The maximum Gasteiger partial charge on any atom is 0.139 e. The van der Waals surface area contributed by atoms with Gasteiger partial charge in [-0.15, -0.1) is 0 Å². The second kappa shape index (κ2) is 4.81. The fourth-order valence-corrected chi connectivity index (χ4v) is 2.58. The van der Waals surface area contributed by atoms with Crippen LogP contribution in [-0.4, -0.2) is 30.2 Å². The minimum atomic E-state index is 0.383. The highest BCUT2D eigenvalue weighted by molar-refractivity contribution is 7.10. The van der Waals surface area contributed by atoms with Gasteiger partial charge in [0.15, 0.2) is 0 Å². The molecular formula is C10H17N3OS. The first kappa shape index (κ1) is 10.7. The molecule has 0 aromatic carbocycles. The number of nitrogens with two attached hydrogens (primary N) is 1. The quantitative estimate of drug-likeness (QED) is 0.851. The maximum absolute atomic E-state index is 5.62. The molecule has 1 aromatic heterocycles. The number of aromatic nitrogens is 1. The third-order valence-corrected chi connectivity index (χ3v) is 3.52. The SMILES string of the molecule is CCN(CC1CCCO1)c1cc(N)ns1. The summed E-state index contributed by atoms with van der Waals surface area (Å²) in [5.41, 5.74) is 5.62. The molecule has 2 N–H and O–H groups in total. The lowest BCUT2D eigenvalue weighted by Crippen LogP contribution is -2.31. The van der Waals surface area contributed by atoms with Gasteiger partial charge >= 0.3 is 0 Å². The number of hydrogen-bond donors (Lipinski definition) is 1. The molecule has 0 radical (unpaired) electrons. The van der Waals surface area contributed by atoms with Crippen molar-refractivity contribution in [3.63, 3.8) is 0 Å². The molecule has 15 heavy (non-hydrogen) atoms. The molecule has 4 nitrogen and oxygen atoms in total. The van der Waals surface area contributed by atoms with Gasteiger partial charge in [0.25, 0.3) is 0 Å². The molecule has 0 amide bonds. The molecule has 5 heteroatoms. The molecule has 1 aliphatic rings. The van der Waals surface area contributed by atoms with Crippen LogP contribution >= 0.6 is 11.5 Å². The molecule has 0 spiro atoms. The molecule has 0 bridgehead atoms. The van der Waals surface area contributed by atoms with E-state index in [2.05, 4.69) is 16.2 Å². The summed E-state index contributed by atoms with van der Waals surface area (Å²) >= 11 is 1.46. The average molecular weight is 227 g/mol. The van der Waals surface area contributed by atoms with E-state index < -0.39 is 0 Å². The summed E-state index contributed by atoms with van der Waals surface area (Å²) in [4.78, 5) is 2.28. The predicted octanol–water partition coefficient (Wildman–Crippen LogP) is 1.73. The van der Waals surface area contributed by atoms with Crippen molar-refractivity contribution < 1.29 is 4.74 Å². The van der Waals surface area contributed by atoms with Gasteiger partial charge in [-0.2, -0.15) is 4.37 Å². The molecule has 2 rings (SSSR count). The first-order chi connectivity index (χ1) is 7.29. The van der Waals surface area contributed by atoms with Crippen molar-refractivity contribution in [2.75, 3.05) is 30.3 Å². The number of likely N-dealkylation sites (N-methyl/N-ethyl adjacent to an activating group) is 1. The summed E-state index contributed by atoms with van der Waals surface area (Å²) in [5.74, 6) is 0.612. The summed E-state index contributed by atoms with van der Waals surface area (Å²) in [6.45, 7) is 4.98. The topological polar surface area (TPSA) is 51.4 Å². The van der Waals surface area contributed by atoms with E-state index >= 15 is 0 Å². The first-order valence-corrected chi connectivity index (χ1v) is 6.15. The van der Waals surface area contributed by atoms with Crippen LogP contribution in [-0.2, 0) is 4.74 Å². The van der Waals surface area contributed by atoms with Crippen LogP contribution in [0, 0.1) is 0 Å². The monoisotopic (exact) mass is 227 g/mol. The molecule has 1 fully saturated rings. The Hall–Kier alpha value is -0.810. The van der Waals surface area contributed by atoms with Gasteiger partial charge in [0.2, 0.25) is 0 Å². The largest absolute Gasteiger partial charge is 0.383 e. The van der Waals surface area contributed by atoms with Crippen molar-refractivity contribution >= 4 is 22.4 Å². The minimum Gasteiger partial charge on any atom is -0.383 e. The van der Waals surface area contributed by atoms with Crippen molar-refractivity contribution in [3.8, 4) is 0 Å². The normalized spacial score (nSPS) is 20.7. The van der Waals surface area contributed by atoms with Crippen LogP contribution in [0.2, 0.25) is 0 Å². The fraction of sp³-hybridized carbons (Fsp3) is 0.700. The Labute approximate surface area is 94.2 Å². The maximum atomic E-state index is 5.62. The smallest absolute Gasteiger partial charge is 0.139 e. The zero-order chi connectivity index (χ0) is 10.7. The van der Waals surface area contributed by atoms with Crippen molar-refractivity contribution in [3.05, 3.63) is 6.07 Å². The van der Waals surface area contributed by atoms with E-state index in [0.717, 1.165) is 24.7 Å². The van der Waals surface area contributed by atoms with Gasteiger partial charge in [-0.05, 0) is 31.3 Å². The molecule has 1 aromatic rings. The van der Waals surface area contributed by atoms with E-state index in [1.54, 1.807) is 0 Å². The van der Waals surface area contributed by atoms with Crippen LogP contribution in [0.3, 0.4) is 0 Å². The van der Waals surface area contributed by atoms with E-state index in [9.17, 15) is 0 Å². The van der Waals surface area contributed by atoms with Gasteiger partial charge in [-0.3, -0.25) is 0 Å². The lowest BCUT2D eigenvalue weighted by molar-refractivity contribution is 0.116. The molecule has 1 atom stereocenters. The number of anilines is 2. The van der Waals surface area contributed by atoms with Crippen molar-refractivity contribution in [2.45, 2.75) is 25.9 Å². The zero-order valence-corrected chi connectivity index (χ0v) is 9.80. The second-order valence-corrected chi connectivity index (χ2v) is 4.55. The van der Waals surface area contributed by atoms with Crippen molar-refractivity contribution in [2.24, 2.45) is 0 Å². The second-order valence-electron chi connectivity index (χ2n) is 3.76. The highest BCUT2D eigenvalue weighted by Gasteiger charge is 2.19. The van der Waals surface area contributed by atoms with Crippen LogP contribution in [0.25, 0.3) is 0 Å². The average Bonchev–Trinajstić information content (AvgIpc) is 2.85. The number of nitrogen functional groups attached to an aromatic ring is 1. The van der Waals surface area contributed by atoms with Crippen LogP contribution in [0.1, 0.15) is 19.8 Å². The van der Waals surface area contributed by atoms with Crippen LogP contribution in [0.5, 0.6) is 0 Å². The summed E-state index contributed by atoms with van der Waals surface area (Å²) in [6, 6.07) is 1.93. The Bertz CT molecular complexity index is 309. The lowest BCUT2D eigenvalue weighted by Gasteiger charge is -2.23. The van der Waals surface area contributed by atoms with Crippen molar-refractivity contribution in [1.82, 2.24) is 4.37 Å². The van der Waals surface area contributed by atoms with E-state index in [-0.39, 0.29) is 0 Å². The summed E-state index contributed by atoms with van der Waals surface area (Å²) in [5, 5.41) is 1.14. The highest BCUT2D eigenvalue weighted by atomic mass is 32.1. The molecule has 2 heterocycles. The molecule has 0 saturated carbocycles. The third-order valence-electron chi connectivity index (χ3n) is 2.66. The Balaban J connectivity index is 1.97. The van der Waals surface area contributed by atoms with Gasteiger partial charge in [-0.25, -0.2) is 0 Å². The minimum absolute atomic E-state index is 0.383. The van der Waals surface area contributed by atoms with E-state index in [1.165, 1.54) is 24.4 Å². The molecular weight excluding hydrogens is 210 g/mol. The van der Waals surface area contributed by atoms with Crippen LogP contribution in [0.4, 0.5) is 10.8 Å². The lowest BCUT2D eigenvalue weighted by atomic mass is 10.2. The Kier molecular flexibility index (Phi) is 3.43. The molecule has 0 aliphatic carbocycles. The molecule has 1 saturated heterocycles. The van der Waals surface area contributed by atoms with Gasteiger partial charge in [0, 0.05) is 25.8 Å². The Morgan fingerprint density at radius 2 is 2.60 bits per heavy atom. The summed E-state index contributed by atoms with van der Waals surface area (Å²) in [7, 11) is 0. The van der Waals surface area contributed by atoms with E-state index in [0.29, 0.717) is 11.9 Å². The Morgan fingerprint density at radius 3 is 3.13 bits per heavy atom. The zero-order valence-electron chi connectivity index (χ0n) is 8.98. The van der Waals surface area contributed by atoms with Gasteiger partial charge < -0.3 is 15.4 Å². The number of nitrogens with zero attached hydrogens (tertiary/aromatic N) is 2. The summed E-state index contributed by atoms with van der Waals surface area (Å²) in [6.07, 6.45) is 2.74. The molecule has 1 aliphatic heterocycles. The van der Waals surface area contributed by atoms with Gasteiger partial charge in [0.1, 0.15) is 10.8 Å². The number of hydrogen-bond acceptors (Lipinski definition) is 5. The highest BCUT2D eigenvalue weighted by Crippen LogP contribution is 2.24. The number of rotatable bonds is 4. The van der Waals surface area contributed by atoms with Crippen molar-refractivity contribution in [1.29, 1.82) is 0 Å². The predicted molar refractivity (Wildman–Crippen MR) is 63.4 cm³/mol. The van der Waals surface area contributed by atoms with Gasteiger partial charge in [0.05, 0.1) is 6.10 Å². The summed E-state index contributed by atoms with van der Waals surface area (Å²) < 4.78 is 9.72. The van der Waals surface area contributed by atoms with E-state index in [1.807, 2.05) is 6.07 Å². The Morgan fingerprint density at radius 1 is 1.73 bits per heavy atom.